The Morgan fingerprint density at radius 2 is 1.48 bits per heavy atom. The minimum Gasteiger partial charge on any atom is -0.490 e. The molecule has 2 aromatic heterocycles. The van der Waals surface area contributed by atoms with Crippen LogP contribution in [0.4, 0.5) is 19.4 Å². The third-order valence-electron chi connectivity index (χ3n) is 7.00. The summed E-state index contributed by atoms with van der Waals surface area (Å²) in [4.78, 5) is 33.7. The summed E-state index contributed by atoms with van der Waals surface area (Å²) in [7, 11) is -9.77. The molecule has 1 aliphatic rings. The third-order valence-corrected chi connectivity index (χ3v) is 8.17. The summed E-state index contributed by atoms with van der Waals surface area (Å²) >= 11 is 0. The standard InChI is InChI=1S/C31H28F5N3O4S/c1-21-2-6-24(7-3-21)42-26-14-16-39(17-15-26)31(41)23-5-12-28(37-20-23)29(40)18-22-4-13-30(38-19-22)43-25-8-10-27(11-9-25)44(32,33,34,35)36/h2-13,19-20,26H,14-18H2,1H3. The number of benzene rings is 2. The number of halogens is 5. The second-order valence-corrected chi connectivity index (χ2v) is 12.9. The number of aryl methyl sites for hydroxylation is 1. The summed E-state index contributed by atoms with van der Waals surface area (Å²) in [6.07, 6.45) is 4.09. The summed E-state index contributed by atoms with van der Waals surface area (Å²) in [5.74, 6) is 0.188. The summed E-state index contributed by atoms with van der Waals surface area (Å²) in [6.45, 7) is 3.09. The van der Waals surface area contributed by atoms with Gasteiger partial charge in [0.25, 0.3) is 5.91 Å². The molecule has 0 N–H and O–H groups in total. The van der Waals surface area contributed by atoms with Crippen LogP contribution in [-0.4, -0.2) is 45.8 Å². The lowest BCUT2D eigenvalue weighted by atomic mass is 10.1. The fourth-order valence-corrected chi connectivity index (χ4v) is 5.24. The first kappa shape index (κ1) is 30.9. The monoisotopic (exact) mass is 633 g/mol. The highest BCUT2D eigenvalue weighted by molar-refractivity contribution is 8.45. The number of nitrogens with zero attached hydrogens (tertiary/aromatic N) is 3. The van der Waals surface area contributed by atoms with E-state index in [9.17, 15) is 29.0 Å². The number of hydrogen-bond acceptors (Lipinski definition) is 6. The molecule has 1 saturated heterocycles. The van der Waals surface area contributed by atoms with Crippen LogP contribution in [0, 0.1) is 6.92 Å². The van der Waals surface area contributed by atoms with Crippen molar-refractivity contribution in [3.8, 4) is 17.4 Å². The second kappa shape index (κ2) is 11.2. The summed E-state index contributed by atoms with van der Waals surface area (Å²) in [5.41, 5.74) is 2.20. The fraction of sp³-hybridized carbons (Fsp3) is 0.226. The first-order chi connectivity index (χ1) is 20.6. The molecule has 0 spiro atoms. The lowest BCUT2D eigenvalue weighted by Crippen LogP contribution is -2.41. The van der Waals surface area contributed by atoms with Crippen LogP contribution in [0.2, 0.25) is 0 Å². The maximum atomic E-state index is 13.0. The molecule has 5 rings (SSSR count). The van der Waals surface area contributed by atoms with E-state index in [0.717, 1.165) is 23.4 Å². The summed E-state index contributed by atoms with van der Waals surface area (Å²) in [6, 6.07) is 15.9. The Kier molecular flexibility index (Phi) is 7.87. The fourth-order valence-electron chi connectivity index (χ4n) is 4.59. The van der Waals surface area contributed by atoms with Gasteiger partial charge in [-0.3, -0.25) is 14.6 Å². The first-order valence-corrected chi connectivity index (χ1v) is 15.6. The lowest BCUT2D eigenvalue weighted by Gasteiger charge is -2.40. The molecular weight excluding hydrogens is 605 g/mol. The van der Waals surface area contributed by atoms with Crippen LogP contribution in [-0.2, 0) is 6.42 Å². The predicted octanol–water partition coefficient (Wildman–Crippen LogP) is 8.34. The molecule has 1 amide bonds. The molecule has 44 heavy (non-hydrogen) atoms. The van der Waals surface area contributed by atoms with Crippen molar-refractivity contribution in [2.45, 2.75) is 37.2 Å². The Balaban J connectivity index is 1.11. The van der Waals surface area contributed by atoms with E-state index in [4.69, 9.17) is 9.47 Å². The van der Waals surface area contributed by atoms with Crippen molar-refractivity contribution in [1.29, 1.82) is 0 Å². The minimum atomic E-state index is -9.77. The molecule has 0 atom stereocenters. The van der Waals surface area contributed by atoms with E-state index < -0.39 is 15.1 Å². The van der Waals surface area contributed by atoms with E-state index in [0.29, 0.717) is 37.1 Å². The number of amides is 1. The van der Waals surface area contributed by atoms with Gasteiger partial charge in [0.15, 0.2) is 5.78 Å². The number of hydrogen-bond donors (Lipinski definition) is 0. The van der Waals surface area contributed by atoms with Crippen LogP contribution in [0.3, 0.4) is 0 Å². The number of pyridine rings is 2. The van der Waals surface area contributed by atoms with Crippen molar-refractivity contribution in [2.75, 3.05) is 13.1 Å². The second-order valence-electron chi connectivity index (χ2n) is 10.5. The molecule has 1 fully saturated rings. The van der Waals surface area contributed by atoms with Crippen LogP contribution in [0.15, 0.2) is 90.1 Å². The normalized spacial score (nSPS) is 15.6. The van der Waals surface area contributed by atoms with Crippen molar-refractivity contribution in [3.05, 3.63) is 108 Å². The maximum absolute atomic E-state index is 13.0. The highest BCUT2D eigenvalue weighted by Crippen LogP contribution is 3.02. The first-order valence-electron chi connectivity index (χ1n) is 13.6. The number of ketones is 1. The van der Waals surface area contributed by atoms with Gasteiger partial charge in [0, 0.05) is 50.8 Å². The van der Waals surface area contributed by atoms with Gasteiger partial charge in [-0.2, -0.15) is 0 Å². The number of ether oxygens (including phenoxy) is 2. The zero-order valence-electron chi connectivity index (χ0n) is 23.5. The van der Waals surface area contributed by atoms with Gasteiger partial charge < -0.3 is 14.4 Å². The molecule has 2 aromatic carbocycles. The van der Waals surface area contributed by atoms with Gasteiger partial charge in [-0.25, -0.2) is 4.98 Å². The molecule has 3 heterocycles. The highest BCUT2D eigenvalue weighted by Gasteiger charge is 2.65. The minimum absolute atomic E-state index is 0.00646. The van der Waals surface area contributed by atoms with Gasteiger partial charge in [0.05, 0.1) is 5.56 Å². The van der Waals surface area contributed by atoms with E-state index in [2.05, 4.69) is 9.97 Å². The summed E-state index contributed by atoms with van der Waals surface area (Å²) < 4.78 is 75.8. The Morgan fingerprint density at radius 1 is 0.818 bits per heavy atom. The molecule has 0 unspecified atom stereocenters. The van der Waals surface area contributed by atoms with Crippen molar-refractivity contribution < 1.29 is 38.5 Å². The van der Waals surface area contributed by atoms with Crippen LogP contribution < -0.4 is 9.47 Å². The van der Waals surface area contributed by atoms with Crippen LogP contribution in [0.25, 0.3) is 0 Å². The zero-order chi connectivity index (χ0) is 31.6. The molecule has 1 aliphatic heterocycles. The highest BCUT2D eigenvalue weighted by atomic mass is 32.5. The average molecular weight is 634 g/mol. The number of carbonyl (C=O) groups excluding carboxylic acids is 2. The average Bonchev–Trinajstić information content (AvgIpc) is 2.98. The molecule has 0 radical (unpaired) electrons. The maximum Gasteiger partial charge on any atom is 0.310 e. The van der Waals surface area contributed by atoms with Crippen molar-refractivity contribution in [2.24, 2.45) is 0 Å². The molecule has 13 heteroatoms. The SMILES string of the molecule is Cc1ccc(OC2CCN(C(=O)c3ccc(C(=O)Cc4ccc(Oc5ccc(S(F)(F)(F)(F)F)cc5)nc4)nc3)CC2)cc1. The van der Waals surface area contributed by atoms with E-state index in [-0.39, 0.29) is 53.7 Å². The summed E-state index contributed by atoms with van der Waals surface area (Å²) in [5, 5.41) is 0. The number of piperidine rings is 1. The van der Waals surface area contributed by atoms with E-state index in [1.165, 1.54) is 30.6 Å². The van der Waals surface area contributed by atoms with E-state index in [1.807, 2.05) is 31.2 Å². The zero-order valence-corrected chi connectivity index (χ0v) is 24.3. The van der Waals surface area contributed by atoms with Crippen LogP contribution >= 0.6 is 10.2 Å². The van der Waals surface area contributed by atoms with Crippen LogP contribution in [0.1, 0.15) is 44.8 Å². The van der Waals surface area contributed by atoms with Gasteiger partial charge in [-0.1, -0.05) is 43.2 Å². The third kappa shape index (κ3) is 7.90. The van der Waals surface area contributed by atoms with Crippen LogP contribution in [0.5, 0.6) is 17.4 Å². The molecule has 7 nitrogen and oxygen atoms in total. The number of aromatic nitrogens is 2. The van der Waals surface area contributed by atoms with Gasteiger partial charge >= 0.3 is 10.2 Å². The molecular formula is C31H28F5N3O4S. The Morgan fingerprint density at radius 3 is 2.05 bits per heavy atom. The van der Waals surface area contributed by atoms with Crippen molar-refractivity contribution in [1.82, 2.24) is 14.9 Å². The number of rotatable bonds is 9. The van der Waals surface area contributed by atoms with Gasteiger partial charge in [0.2, 0.25) is 5.88 Å². The van der Waals surface area contributed by atoms with Gasteiger partial charge in [-0.15, -0.1) is 0 Å². The molecule has 0 saturated carbocycles. The molecule has 232 valence electrons. The number of Topliss-reactive ketones (excluding diaryl/α,β-unsaturated/α-hetero) is 1. The quantitative estimate of drug-likeness (QED) is 0.136. The number of likely N-dealkylation sites (tertiary alicyclic amines) is 1. The lowest BCUT2D eigenvalue weighted by molar-refractivity contribution is 0.0594. The Bertz CT molecular complexity index is 1640. The Hall–Kier alpha value is -4.52. The Labute approximate surface area is 250 Å². The largest absolute Gasteiger partial charge is 0.490 e. The predicted molar refractivity (Wildman–Crippen MR) is 155 cm³/mol. The molecule has 4 aromatic rings. The number of carbonyl (C=O) groups is 2. The van der Waals surface area contributed by atoms with Crippen molar-refractivity contribution >= 4 is 21.9 Å². The smallest absolute Gasteiger partial charge is 0.310 e. The topological polar surface area (TPSA) is 81.6 Å². The van der Waals surface area contributed by atoms with E-state index >= 15 is 0 Å². The van der Waals surface area contributed by atoms with E-state index in [1.54, 1.807) is 11.0 Å². The van der Waals surface area contributed by atoms with Crippen molar-refractivity contribution in [3.63, 3.8) is 0 Å². The molecule has 0 bridgehead atoms. The molecule has 0 aliphatic carbocycles. The van der Waals surface area contributed by atoms with Gasteiger partial charge in [-0.05, 0) is 61.0 Å². The van der Waals surface area contributed by atoms with Gasteiger partial charge in [0.1, 0.15) is 28.2 Å².